The van der Waals surface area contributed by atoms with Gasteiger partial charge in [0.05, 0.1) is 6.04 Å². The lowest BCUT2D eigenvalue weighted by atomic mass is 9.96. The van der Waals surface area contributed by atoms with E-state index in [1.54, 1.807) is 5.38 Å². The Morgan fingerprint density at radius 1 is 1.27 bits per heavy atom. The number of likely N-dealkylation sites (N-methyl/N-ethyl adjacent to an activating group) is 1. The van der Waals surface area contributed by atoms with Crippen molar-refractivity contribution in [1.29, 1.82) is 0 Å². The molecule has 0 bridgehead atoms. The van der Waals surface area contributed by atoms with Crippen molar-refractivity contribution in [2.75, 3.05) is 27.2 Å². The summed E-state index contributed by atoms with van der Waals surface area (Å²) in [6, 6.07) is 9.95. The number of nitrogens with zero attached hydrogens (tertiary/aromatic N) is 2. The second-order valence-electron chi connectivity index (χ2n) is 8.95. The predicted molar refractivity (Wildman–Crippen MR) is 131 cm³/mol. The molecule has 33 heavy (non-hydrogen) atoms. The molecule has 0 unspecified atom stereocenters. The van der Waals surface area contributed by atoms with Crippen molar-refractivity contribution in [3.05, 3.63) is 52.0 Å². The first-order valence-corrected chi connectivity index (χ1v) is 12.6. The second-order valence-corrected chi connectivity index (χ2v) is 9.84. The van der Waals surface area contributed by atoms with E-state index in [0.717, 1.165) is 24.3 Å². The fourth-order valence-corrected chi connectivity index (χ4v) is 5.07. The molecule has 0 saturated carbocycles. The number of carbonyl (C=O) groups is 2. The summed E-state index contributed by atoms with van der Waals surface area (Å²) in [6.45, 7) is 5.34. The molecule has 2 N–H and O–H groups in total. The molecule has 1 fully saturated rings. The van der Waals surface area contributed by atoms with Crippen LogP contribution in [0.3, 0.4) is 0 Å². The summed E-state index contributed by atoms with van der Waals surface area (Å²) in [4.78, 5) is 32.0. The van der Waals surface area contributed by atoms with Crippen molar-refractivity contribution in [3.63, 3.8) is 0 Å². The van der Waals surface area contributed by atoms with E-state index < -0.39 is 0 Å². The molecule has 1 saturated heterocycles. The molecule has 180 valence electrons. The van der Waals surface area contributed by atoms with Gasteiger partial charge in [-0.3, -0.25) is 14.5 Å². The topological polar surface area (TPSA) is 83.6 Å². The van der Waals surface area contributed by atoms with E-state index in [0.29, 0.717) is 25.3 Å². The number of thiazole rings is 1. The molecule has 2 amide bonds. The van der Waals surface area contributed by atoms with Gasteiger partial charge < -0.3 is 15.4 Å². The first-order chi connectivity index (χ1) is 15.9. The van der Waals surface area contributed by atoms with E-state index in [-0.39, 0.29) is 35.9 Å². The second kappa shape index (κ2) is 12.3. The SMILES string of the molecule is CC[C@H](C)[C@@H](C(=O)N[C@H]1CCO[C@@H](c2nc(C(=O)NCCc3ccccc3)cs2)C1)N(C)C. The van der Waals surface area contributed by atoms with Crippen LogP contribution in [0.1, 0.15) is 60.3 Å². The zero-order valence-electron chi connectivity index (χ0n) is 20.0. The van der Waals surface area contributed by atoms with E-state index in [1.165, 1.54) is 16.9 Å². The highest BCUT2D eigenvalue weighted by molar-refractivity contribution is 7.09. The third-order valence-electron chi connectivity index (χ3n) is 6.21. The smallest absolute Gasteiger partial charge is 0.270 e. The van der Waals surface area contributed by atoms with Gasteiger partial charge in [0.2, 0.25) is 5.91 Å². The van der Waals surface area contributed by atoms with Gasteiger partial charge in [-0.15, -0.1) is 11.3 Å². The molecule has 1 aliphatic heterocycles. The number of benzene rings is 1. The zero-order valence-corrected chi connectivity index (χ0v) is 20.9. The quantitative estimate of drug-likeness (QED) is 0.554. The molecule has 0 radical (unpaired) electrons. The van der Waals surface area contributed by atoms with Crippen molar-refractivity contribution >= 4 is 23.2 Å². The van der Waals surface area contributed by atoms with Crippen LogP contribution >= 0.6 is 11.3 Å². The van der Waals surface area contributed by atoms with Crippen molar-refractivity contribution < 1.29 is 14.3 Å². The van der Waals surface area contributed by atoms with Gasteiger partial charge >= 0.3 is 0 Å². The Labute approximate surface area is 200 Å². The summed E-state index contributed by atoms with van der Waals surface area (Å²) < 4.78 is 5.94. The maximum Gasteiger partial charge on any atom is 0.270 e. The number of carbonyl (C=O) groups excluding carboxylic acids is 2. The lowest BCUT2D eigenvalue weighted by Gasteiger charge is -2.33. The number of rotatable bonds is 10. The summed E-state index contributed by atoms with van der Waals surface area (Å²) in [6.07, 6.45) is 2.96. The van der Waals surface area contributed by atoms with Gasteiger partial charge in [-0.05, 0) is 38.4 Å². The molecule has 2 aromatic rings. The maximum absolute atomic E-state index is 12.9. The Balaban J connectivity index is 1.53. The minimum atomic E-state index is -0.207. The van der Waals surface area contributed by atoms with E-state index in [1.807, 2.05) is 49.3 Å². The van der Waals surface area contributed by atoms with Gasteiger partial charge in [0.25, 0.3) is 5.91 Å². The Bertz CT molecular complexity index is 902. The van der Waals surface area contributed by atoms with Crippen LogP contribution in [0.5, 0.6) is 0 Å². The highest BCUT2D eigenvalue weighted by Gasteiger charge is 2.31. The van der Waals surface area contributed by atoms with Gasteiger partial charge in [0.1, 0.15) is 16.8 Å². The average Bonchev–Trinajstić information content (AvgIpc) is 3.30. The van der Waals surface area contributed by atoms with Gasteiger partial charge in [0.15, 0.2) is 0 Å². The predicted octanol–water partition coefficient (Wildman–Crippen LogP) is 3.43. The Hall–Kier alpha value is -2.29. The first-order valence-electron chi connectivity index (χ1n) is 11.7. The molecule has 4 atom stereocenters. The minimum absolute atomic E-state index is 0.0369. The largest absolute Gasteiger partial charge is 0.371 e. The van der Waals surface area contributed by atoms with Crippen molar-refractivity contribution in [3.8, 4) is 0 Å². The standard InChI is InChI=1S/C25H36N4O3S/c1-5-17(2)22(29(3)4)24(31)27-19-12-14-32-21(15-19)25-28-20(16-33-25)23(30)26-13-11-18-9-7-6-8-10-18/h6-10,16-17,19,21-22H,5,11-15H2,1-4H3,(H,26,30)(H,27,31)/t17-,19-,21+,22-/m0/s1. The molecular formula is C25H36N4O3S. The molecule has 0 aliphatic carbocycles. The van der Waals surface area contributed by atoms with Crippen LogP contribution in [0.4, 0.5) is 0 Å². The number of hydrogen-bond donors (Lipinski definition) is 2. The monoisotopic (exact) mass is 472 g/mol. The maximum atomic E-state index is 12.9. The molecule has 0 spiro atoms. The van der Waals surface area contributed by atoms with Crippen LogP contribution in [0.25, 0.3) is 0 Å². The Morgan fingerprint density at radius 3 is 2.73 bits per heavy atom. The molecule has 1 aromatic carbocycles. The average molecular weight is 473 g/mol. The third-order valence-corrected chi connectivity index (χ3v) is 7.15. The fourth-order valence-electron chi connectivity index (χ4n) is 4.21. The Morgan fingerprint density at radius 2 is 2.03 bits per heavy atom. The molecule has 8 heteroatoms. The van der Waals surface area contributed by atoms with E-state index in [9.17, 15) is 9.59 Å². The first kappa shape index (κ1) is 25.3. The van der Waals surface area contributed by atoms with Gasteiger partial charge in [-0.25, -0.2) is 4.98 Å². The van der Waals surface area contributed by atoms with Crippen LogP contribution in [0.15, 0.2) is 35.7 Å². The summed E-state index contributed by atoms with van der Waals surface area (Å²) in [5.74, 6) is 0.173. The van der Waals surface area contributed by atoms with E-state index >= 15 is 0 Å². The molecule has 3 rings (SSSR count). The van der Waals surface area contributed by atoms with E-state index in [4.69, 9.17) is 4.74 Å². The lowest BCUT2D eigenvalue weighted by Crippen LogP contribution is -2.51. The van der Waals surface area contributed by atoms with Crippen LogP contribution in [-0.2, 0) is 16.0 Å². The van der Waals surface area contributed by atoms with Crippen LogP contribution in [0.2, 0.25) is 0 Å². The van der Waals surface area contributed by atoms with Crippen molar-refractivity contribution in [2.24, 2.45) is 5.92 Å². The summed E-state index contributed by atoms with van der Waals surface area (Å²) >= 11 is 1.44. The normalized spacial score (nSPS) is 20.3. The van der Waals surface area contributed by atoms with Gasteiger partial charge in [-0.1, -0.05) is 50.6 Å². The van der Waals surface area contributed by atoms with E-state index in [2.05, 4.69) is 29.5 Å². The number of hydrogen-bond acceptors (Lipinski definition) is 6. The lowest BCUT2D eigenvalue weighted by molar-refractivity contribution is -0.129. The number of nitrogens with one attached hydrogen (secondary N) is 2. The molecule has 2 heterocycles. The van der Waals surface area contributed by atoms with Gasteiger partial charge in [-0.2, -0.15) is 0 Å². The number of aromatic nitrogens is 1. The number of ether oxygens (including phenoxy) is 1. The Kier molecular flexibility index (Phi) is 9.41. The molecule has 1 aromatic heterocycles. The summed E-state index contributed by atoms with van der Waals surface area (Å²) in [5, 5.41) is 8.73. The fraction of sp³-hybridized carbons (Fsp3) is 0.560. The molecule has 1 aliphatic rings. The summed E-state index contributed by atoms with van der Waals surface area (Å²) in [7, 11) is 3.90. The van der Waals surface area contributed by atoms with Gasteiger partial charge in [0, 0.05) is 31.0 Å². The van der Waals surface area contributed by atoms with Crippen molar-refractivity contribution in [2.45, 2.75) is 57.7 Å². The molecular weight excluding hydrogens is 436 g/mol. The van der Waals surface area contributed by atoms with Crippen LogP contribution in [-0.4, -0.2) is 61.0 Å². The number of amides is 2. The summed E-state index contributed by atoms with van der Waals surface area (Å²) in [5.41, 5.74) is 1.60. The van der Waals surface area contributed by atoms with Crippen molar-refractivity contribution in [1.82, 2.24) is 20.5 Å². The zero-order chi connectivity index (χ0) is 23.8. The minimum Gasteiger partial charge on any atom is -0.371 e. The van der Waals surface area contributed by atoms with Crippen LogP contribution in [0, 0.1) is 5.92 Å². The highest BCUT2D eigenvalue weighted by Crippen LogP contribution is 2.30. The molecule has 7 nitrogen and oxygen atoms in total. The third kappa shape index (κ3) is 7.09. The van der Waals surface area contributed by atoms with Crippen LogP contribution < -0.4 is 10.6 Å². The highest BCUT2D eigenvalue weighted by atomic mass is 32.1.